The van der Waals surface area contributed by atoms with Crippen molar-refractivity contribution < 1.29 is 14.6 Å². The molecule has 3 aromatic rings. The second-order valence-corrected chi connectivity index (χ2v) is 6.85. The van der Waals surface area contributed by atoms with Gasteiger partial charge in [0, 0.05) is 18.5 Å². The molecule has 0 unspecified atom stereocenters. The number of piperidine rings is 1. The highest BCUT2D eigenvalue weighted by Gasteiger charge is 2.43. The largest absolute Gasteiger partial charge is 0.396 e. The van der Waals surface area contributed by atoms with Gasteiger partial charge >= 0.3 is 0 Å². The minimum Gasteiger partial charge on any atom is -0.396 e. The van der Waals surface area contributed by atoms with Crippen LogP contribution in [-0.2, 0) is 6.42 Å². The van der Waals surface area contributed by atoms with E-state index < -0.39 is 11.5 Å². The molecule has 0 saturated carbocycles. The Hall–Kier alpha value is -2.58. The Morgan fingerprint density at radius 2 is 2.04 bits per heavy atom. The van der Waals surface area contributed by atoms with Crippen LogP contribution in [0.15, 0.2) is 36.9 Å². The van der Waals surface area contributed by atoms with E-state index in [2.05, 4.69) is 19.9 Å². The summed E-state index contributed by atoms with van der Waals surface area (Å²) in [6, 6.07) is 6.17. The van der Waals surface area contributed by atoms with Crippen LogP contribution in [0, 0.1) is 11.2 Å². The van der Waals surface area contributed by atoms with Crippen molar-refractivity contribution in [2.45, 2.75) is 18.9 Å². The van der Waals surface area contributed by atoms with Gasteiger partial charge in [-0.1, -0.05) is 12.1 Å². The van der Waals surface area contributed by atoms with Gasteiger partial charge in [-0.05, 0) is 30.5 Å². The van der Waals surface area contributed by atoms with Gasteiger partial charge in [-0.25, -0.2) is 19.3 Å². The van der Waals surface area contributed by atoms with Gasteiger partial charge in [-0.15, -0.1) is 0 Å². The van der Waals surface area contributed by atoms with Gasteiger partial charge in [0.05, 0.1) is 19.0 Å². The lowest BCUT2D eigenvalue weighted by Gasteiger charge is -2.45. The van der Waals surface area contributed by atoms with Crippen molar-refractivity contribution in [2.75, 3.05) is 24.6 Å². The molecule has 2 aromatic heterocycles. The maximum absolute atomic E-state index is 13.2. The number of fused-ring (bicyclic) bond motifs is 1. The van der Waals surface area contributed by atoms with Crippen LogP contribution in [0.2, 0.25) is 0 Å². The van der Waals surface area contributed by atoms with Gasteiger partial charge in [-0.2, -0.15) is 0 Å². The zero-order chi connectivity index (χ0) is 18.1. The third kappa shape index (κ3) is 2.91. The van der Waals surface area contributed by atoms with Crippen LogP contribution in [0.25, 0.3) is 11.2 Å². The van der Waals surface area contributed by atoms with Crippen LogP contribution in [0.5, 0.6) is 0 Å². The zero-order valence-electron chi connectivity index (χ0n) is 14.1. The van der Waals surface area contributed by atoms with Crippen LogP contribution in [-0.4, -0.2) is 55.9 Å². The summed E-state index contributed by atoms with van der Waals surface area (Å²) in [7, 11) is 0. The predicted molar refractivity (Wildman–Crippen MR) is 94.1 cm³/mol. The minimum absolute atomic E-state index is 0.181. The number of anilines is 1. The molecule has 7 nitrogen and oxygen atoms in total. The summed E-state index contributed by atoms with van der Waals surface area (Å²) < 4.78 is 13.2. The van der Waals surface area contributed by atoms with Crippen molar-refractivity contribution in [3.05, 3.63) is 48.3 Å². The van der Waals surface area contributed by atoms with Crippen molar-refractivity contribution in [3.8, 4) is 0 Å². The molecule has 136 valence electrons. The zero-order valence-corrected chi connectivity index (χ0v) is 14.1. The number of aromatic amines is 1. The number of aromatic nitrogens is 4. The van der Waals surface area contributed by atoms with Crippen molar-refractivity contribution in [1.82, 2.24) is 19.9 Å². The Balaban J connectivity index is 1.66. The molecule has 26 heavy (non-hydrogen) atoms. The molecule has 4 rings (SSSR count). The summed E-state index contributed by atoms with van der Waals surface area (Å²) in [6.45, 7) is 0.851. The first-order valence-electron chi connectivity index (χ1n) is 8.54. The molecule has 0 spiro atoms. The smallest absolute Gasteiger partial charge is 0.182 e. The summed E-state index contributed by atoms with van der Waals surface area (Å²) in [5, 5.41) is 20.8. The second kappa shape index (κ2) is 6.62. The SMILES string of the molecule is OC[C@]1(Cc2ccc(F)cc2)CN(c2ncnc3nc[nH]c23)CC[C@@H]1O. The molecular weight excluding hydrogens is 337 g/mol. The molecule has 8 heteroatoms. The predicted octanol–water partition coefficient (Wildman–Crippen LogP) is 1.28. The maximum atomic E-state index is 13.2. The Kier molecular flexibility index (Phi) is 4.29. The highest BCUT2D eigenvalue weighted by molar-refractivity contribution is 5.82. The fourth-order valence-electron chi connectivity index (χ4n) is 3.72. The molecule has 1 saturated heterocycles. The molecule has 1 aliphatic rings. The fourth-order valence-corrected chi connectivity index (χ4v) is 3.72. The van der Waals surface area contributed by atoms with Gasteiger partial charge in [0.2, 0.25) is 0 Å². The topological polar surface area (TPSA) is 98.2 Å². The normalized spacial score (nSPS) is 23.5. The number of rotatable bonds is 4. The fraction of sp³-hybridized carbons (Fsp3) is 0.389. The second-order valence-electron chi connectivity index (χ2n) is 6.85. The number of nitrogens with one attached hydrogen (secondary N) is 1. The molecule has 0 amide bonds. The van der Waals surface area contributed by atoms with E-state index in [1.165, 1.54) is 18.5 Å². The number of halogens is 1. The Morgan fingerprint density at radius 1 is 1.23 bits per heavy atom. The Labute approximate surface area is 149 Å². The van der Waals surface area contributed by atoms with Crippen molar-refractivity contribution >= 4 is 17.0 Å². The number of hydrogen-bond donors (Lipinski definition) is 3. The molecule has 1 aliphatic heterocycles. The lowest BCUT2D eigenvalue weighted by Crippen LogP contribution is -2.55. The monoisotopic (exact) mass is 357 g/mol. The van der Waals surface area contributed by atoms with Crippen molar-refractivity contribution in [2.24, 2.45) is 5.41 Å². The van der Waals surface area contributed by atoms with E-state index in [9.17, 15) is 14.6 Å². The molecular formula is C18H20FN5O2. The number of hydrogen-bond acceptors (Lipinski definition) is 6. The number of benzene rings is 1. The van der Waals surface area contributed by atoms with E-state index in [1.54, 1.807) is 18.5 Å². The molecule has 1 aromatic carbocycles. The van der Waals surface area contributed by atoms with Gasteiger partial charge < -0.3 is 20.1 Å². The number of aliphatic hydroxyl groups excluding tert-OH is 2. The maximum Gasteiger partial charge on any atom is 0.182 e. The molecule has 1 fully saturated rings. The van der Waals surface area contributed by atoms with Crippen LogP contribution < -0.4 is 4.90 Å². The Bertz CT molecular complexity index is 900. The first kappa shape index (κ1) is 16.9. The highest BCUT2D eigenvalue weighted by atomic mass is 19.1. The molecule has 0 radical (unpaired) electrons. The highest BCUT2D eigenvalue weighted by Crippen LogP contribution is 2.36. The van der Waals surface area contributed by atoms with Crippen LogP contribution in [0.4, 0.5) is 10.2 Å². The third-order valence-corrected chi connectivity index (χ3v) is 5.17. The van der Waals surface area contributed by atoms with E-state index in [1.807, 2.05) is 4.90 Å². The average molecular weight is 357 g/mol. The summed E-state index contributed by atoms with van der Waals surface area (Å²) in [5.74, 6) is 0.400. The van der Waals surface area contributed by atoms with Gasteiger partial charge in [0.15, 0.2) is 11.5 Å². The number of aliphatic hydroxyl groups is 2. The van der Waals surface area contributed by atoms with Gasteiger partial charge in [-0.3, -0.25) is 0 Å². The molecule has 0 aliphatic carbocycles. The van der Waals surface area contributed by atoms with Crippen molar-refractivity contribution in [3.63, 3.8) is 0 Å². The summed E-state index contributed by atoms with van der Waals surface area (Å²) in [5.41, 5.74) is 1.43. The summed E-state index contributed by atoms with van der Waals surface area (Å²) in [4.78, 5) is 17.8. The van der Waals surface area contributed by atoms with E-state index in [0.29, 0.717) is 37.4 Å². The Morgan fingerprint density at radius 3 is 2.81 bits per heavy atom. The quantitative estimate of drug-likeness (QED) is 0.651. The summed E-state index contributed by atoms with van der Waals surface area (Å²) in [6.07, 6.45) is 3.32. The van der Waals surface area contributed by atoms with Gasteiger partial charge in [0.25, 0.3) is 0 Å². The number of imidazole rings is 1. The average Bonchev–Trinajstić information content (AvgIpc) is 3.14. The van der Waals surface area contributed by atoms with Crippen LogP contribution >= 0.6 is 0 Å². The van der Waals surface area contributed by atoms with Gasteiger partial charge in [0.1, 0.15) is 17.7 Å². The van der Waals surface area contributed by atoms with Crippen molar-refractivity contribution in [1.29, 1.82) is 0 Å². The minimum atomic E-state index is -0.757. The first-order valence-corrected chi connectivity index (χ1v) is 8.54. The van der Waals surface area contributed by atoms with E-state index in [4.69, 9.17) is 0 Å². The van der Waals surface area contributed by atoms with E-state index in [0.717, 1.165) is 11.1 Å². The lowest BCUT2D eigenvalue weighted by molar-refractivity contribution is -0.0292. The molecule has 2 atom stereocenters. The van der Waals surface area contributed by atoms with Crippen LogP contribution in [0.1, 0.15) is 12.0 Å². The molecule has 3 N–H and O–H groups in total. The molecule has 0 bridgehead atoms. The van der Waals surface area contributed by atoms with E-state index in [-0.39, 0.29) is 12.4 Å². The third-order valence-electron chi connectivity index (χ3n) is 5.17. The summed E-state index contributed by atoms with van der Waals surface area (Å²) >= 11 is 0. The first-order chi connectivity index (χ1) is 12.6. The molecule has 3 heterocycles. The lowest BCUT2D eigenvalue weighted by atomic mass is 9.73. The standard InChI is InChI=1S/C18H20FN5O2/c19-13-3-1-12(2-4-13)7-18(9-25)8-24(6-5-14(18)26)17-15-16(21-10-20-15)22-11-23-17/h1-4,10-11,14,25-26H,5-9H2,(H,20,21,22,23)/t14-,18-/m0/s1. The number of nitrogens with zero attached hydrogens (tertiary/aromatic N) is 4. The van der Waals surface area contributed by atoms with Crippen LogP contribution in [0.3, 0.4) is 0 Å². The number of H-pyrrole nitrogens is 1. The van der Waals surface area contributed by atoms with E-state index >= 15 is 0 Å².